The van der Waals surface area contributed by atoms with E-state index in [1.54, 1.807) is 0 Å². The summed E-state index contributed by atoms with van der Waals surface area (Å²) >= 11 is 8.90. The number of carbonyl (C=O) groups is 1. The highest BCUT2D eigenvalue weighted by molar-refractivity contribution is 9.11. The summed E-state index contributed by atoms with van der Waals surface area (Å²) in [6.07, 6.45) is 5.26. The second-order valence-corrected chi connectivity index (χ2v) is 8.81. The molecule has 1 atom stereocenters. The van der Waals surface area contributed by atoms with Crippen LogP contribution in [0.2, 0.25) is 5.02 Å². The van der Waals surface area contributed by atoms with E-state index in [0.29, 0.717) is 16.8 Å². The molecule has 1 aliphatic rings. The minimum atomic E-state index is -4.29. The van der Waals surface area contributed by atoms with Gasteiger partial charge in [-0.15, -0.1) is 0 Å². The van der Waals surface area contributed by atoms with Gasteiger partial charge in [-0.3, -0.25) is 4.79 Å². The molecular formula is C14H14BrClN2O4S. The molecule has 1 saturated carbocycles. The van der Waals surface area contributed by atoms with Crippen molar-refractivity contribution in [3.05, 3.63) is 28.8 Å². The average molecular weight is 422 g/mol. The van der Waals surface area contributed by atoms with Gasteiger partial charge >= 0.3 is 0 Å². The summed E-state index contributed by atoms with van der Waals surface area (Å²) in [5.74, 6) is -0.727. The fourth-order valence-electron chi connectivity index (χ4n) is 2.44. The molecule has 0 aromatic heterocycles. The van der Waals surface area contributed by atoms with Gasteiger partial charge in [-0.2, -0.15) is 0 Å². The number of carbonyl (C=O) groups excluding carboxylic acids is 2. The van der Waals surface area contributed by atoms with Gasteiger partial charge in [0, 0.05) is 11.6 Å². The Morgan fingerprint density at radius 3 is 2.65 bits per heavy atom. The number of sulfonamides is 1. The van der Waals surface area contributed by atoms with Crippen molar-refractivity contribution in [2.75, 3.05) is 5.32 Å². The standard InChI is InChI=1S/C14H14BrClN2O4S/c15-14(23(21,22)17-8-19)13(20)9-5-6-11(16)12(7-9)18-10-3-1-2-4-10/h5-7,10,14,18H,1-4H2. The number of hydrogen-bond donors (Lipinski definition) is 1. The molecule has 1 N–H and O–H groups in total. The first-order valence-corrected chi connectivity index (χ1v) is 9.72. The first kappa shape index (κ1) is 18.1. The minimum absolute atomic E-state index is 0.154. The number of isocyanates is 1. The lowest BCUT2D eigenvalue weighted by atomic mass is 10.1. The van der Waals surface area contributed by atoms with Gasteiger partial charge in [-0.05, 0) is 31.0 Å². The number of nitrogens with zero attached hydrogens (tertiary/aromatic N) is 1. The molecule has 23 heavy (non-hydrogen) atoms. The minimum Gasteiger partial charge on any atom is -0.381 e. The maximum absolute atomic E-state index is 12.3. The largest absolute Gasteiger partial charge is 0.381 e. The van der Waals surface area contributed by atoms with Crippen molar-refractivity contribution >= 4 is 55.1 Å². The zero-order chi connectivity index (χ0) is 17.0. The molecule has 1 aliphatic carbocycles. The zero-order valence-corrected chi connectivity index (χ0v) is 15.1. The van der Waals surface area contributed by atoms with Crippen LogP contribution in [0.25, 0.3) is 0 Å². The maximum atomic E-state index is 12.3. The Balaban J connectivity index is 2.25. The summed E-state index contributed by atoms with van der Waals surface area (Å²) in [7, 11) is -4.29. The normalized spacial score (nSPS) is 16.6. The SMILES string of the molecule is O=C=NS(=O)(=O)C(Br)C(=O)c1ccc(Cl)c(NC2CCCC2)c1. The zero-order valence-electron chi connectivity index (χ0n) is 12.0. The van der Waals surface area contributed by atoms with Gasteiger partial charge in [-0.1, -0.05) is 44.8 Å². The monoisotopic (exact) mass is 420 g/mol. The number of rotatable bonds is 6. The van der Waals surface area contributed by atoms with Gasteiger partial charge in [0.25, 0.3) is 16.1 Å². The highest BCUT2D eigenvalue weighted by Crippen LogP contribution is 2.29. The lowest BCUT2D eigenvalue weighted by molar-refractivity contribution is 0.101. The van der Waals surface area contributed by atoms with Crippen molar-refractivity contribution in [2.24, 2.45) is 4.40 Å². The molecule has 1 fully saturated rings. The van der Waals surface area contributed by atoms with E-state index < -0.39 is 20.0 Å². The van der Waals surface area contributed by atoms with E-state index in [1.165, 1.54) is 18.2 Å². The molecule has 124 valence electrons. The maximum Gasteiger partial charge on any atom is 0.284 e. The highest BCUT2D eigenvalue weighted by atomic mass is 79.9. The molecule has 1 aromatic rings. The van der Waals surface area contributed by atoms with Crippen LogP contribution in [-0.4, -0.2) is 30.5 Å². The van der Waals surface area contributed by atoms with Gasteiger partial charge < -0.3 is 5.32 Å². The first-order valence-electron chi connectivity index (χ1n) is 6.92. The van der Waals surface area contributed by atoms with E-state index in [0.717, 1.165) is 31.8 Å². The van der Waals surface area contributed by atoms with Crippen LogP contribution in [-0.2, 0) is 14.8 Å². The molecule has 0 radical (unpaired) electrons. The summed E-state index contributed by atoms with van der Waals surface area (Å²) in [6.45, 7) is 0. The van der Waals surface area contributed by atoms with E-state index in [4.69, 9.17) is 11.6 Å². The second-order valence-electron chi connectivity index (χ2n) is 5.20. The van der Waals surface area contributed by atoms with Crippen molar-refractivity contribution < 1.29 is 18.0 Å². The summed E-state index contributed by atoms with van der Waals surface area (Å²) in [4.78, 5) is 22.4. The van der Waals surface area contributed by atoms with Crippen molar-refractivity contribution in [1.29, 1.82) is 0 Å². The Labute approximate surface area is 147 Å². The molecule has 9 heteroatoms. The van der Waals surface area contributed by atoms with Gasteiger partial charge in [-0.25, -0.2) is 13.2 Å². The third-order valence-corrected chi connectivity index (χ3v) is 6.83. The van der Waals surface area contributed by atoms with E-state index in [-0.39, 0.29) is 5.56 Å². The Morgan fingerprint density at radius 1 is 1.39 bits per heavy atom. The van der Waals surface area contributed by atoms with E-state index in [9.17, 15) is 18.0 Å². The van der Waals surface area contributed by atoms with Crippen LogP contribution >= 0.6 is 27.5 Å². The number of Topliss-reactive ketones (excluding diaryl/α,β-unsaturated/α-hetero) is 1. The Kier molecular flexibility index (Phi) is 5.97. The number of alkyl halides is 1. The van der Waals surface area contributed by atoms with Gasteiger partial charge in [0.1, 0.15) is 0 Å². The molecular weight excluding hydrogens is 408 g/mol. The van der Waals surface area contributed by atoms with Crippen molar-refractivity contribution in [2.45, 2.75) is 35.9 Å². The predicted octanol–water partition coefficient (Wildman–Crippen LogP) is 3.26. The second kappa shape index (κ2) is 7.57. The van der Waals surface area contributed by atoms with Crippen LogP contribution < -0.4 is 5.32 Å². The Morgan fingerprint density at radius 2 is 2.04 bits per heavy atom. The fourth-order valence-corrected chi connectivity index (χ4v) is 3.73. The average Bonchev–Trinajstić information content (AvgIpc) is 3.01. The molecule has 6 nitrogen and oxygen atoms in total. The van der Waals surface area contributed by atoms with Gasteiger partial charge in [0.2, 0.25) is 4.16 Å². The van der Waals surface area contributed by atoms with E-state index in [1.807, 2.05) is 0 Å². The van der Waals surface area contributed by atoms with Crippen molar-refractivity contribution in [1.82, 2.24) is 0 Å². The van der Waals surface area contributed by atoms with Crippen LogP contribution in [0, 0.1) is 0 Å². The smallest absolute Gasteiger partial charge is 0.284 e. The molecule has 0 saturated heterocycles. The molecule has 0 heterocycles. The van der Waals surface area contributed by atoms with Crippen molar-refractivity contribution in [3.8, 4) is 0 Å². The molecule has 1 unspecified atom stereocenters. The summed E-state index contributed by atoms with van der Waals surface area (Å²) < 4.78 is 24.3. The third kappa shape index (κ3) is 4.41. The number of benzene rings is 1. The first-order chi connectivity index (χ1) is 10.8. The van der Waals surface area contributed by atoms with E-state index >= 15 is 0 Å². The molecule has 1 aromatic carbocycles. The van der Waals surface area contributed by atoms with Gasteiger partial charge in [0.05, 0.1) is 10.7 Å². The number of anilines is 1. The lowest BCUT2D eigenvalue weighted by Gasteiger charge is -2.16. The van der Waals surface area contributed by atoms with Crippen LogP contribution in [0.4, 0.5) is 5.69 Å². The van der Waals surface area contributed by atoms with E-state index in [2.05, 4.69) is 25.6 Å². The Bertz CT molecular complexity index is 756. The lowest BCUT2D eigenvalue weighted by Crippen LogP contribution is -2.23. The topological polar surface area (TPSA) is 92.7 Å². The number of hydrogen-bond acceptors (Lipinski definition) is 5. The molecule has 2 rings (SSSR count). The van der Waals surface area contributed by atoms with Crippen LogP contribution in [0.15, 0.2) is 22.6 Å². The number of halogens is 2. The molecule has 0 spiro atoms. The van der Waals surface area contributed by atoms with Crippen molar-refractivity contribution in [3.63, 3.8) is 0 Å². The summed E-state index contributed by atoms with van der Waals surface area (Å²) in [6, 6.07) is 4.76. The summed E-state index contributed by atoms with van der Waals surface area (Å²) in [5, 5.41) is 3.72. The fraction of sp³-hybridized carbons (Fsp3) is 0.429. The van der Waals surface area contributed by atoms with Crippen LogP contribution in [0.5, 0.6) is 0 Å². The highest BCUT2D eigenvalue weighted by Gasteiger charge is 2.31. The third-order valence-electron chi connectivity index (χ3n) is 3.60. The number of nitrogens with one attached hydrogen (secondary N) is 1. The summed E-state index contributed by atoms with van der Waals surface area (Å²) in [5.41, 5.74) is 0.738. The quantitative estimate of drug-likeness (QED) is 0.329. The predicted molar refractivity (Wildman–Crippen MR) is 91.4 cm³/mol. The van der Waals surface area contributed by atoms with Crippen LogP contribution in [0.1, 0.15) is 36.0 Å². The number of ketones is 1. The molecule has 0 aliphatic heterocycles. The Hall–Kier alpha value is -1.21. The molecule has 0 bridgehead atoms. The van der Waals surface area contributed by atoms with Gasteiger partial charge in [0.15, 0.2) is 5.78 Å². The molecule has 0 amide bonds. The van der Waals surface area contributed by atoms with Crippen LogP contribution in [0.3, 0.4) is 0 Å².